The molecule has 0 radical (unpaired) electrons. The summed E-state index contributed by atoms with van der Waals surface area (Å²) >= 11 is 0. The number of carbonyl (C=O) groups is 1. The van der Waals surface area contributed by atoms with Crippen LogP contribution in [0.2, 0.25) is 0 Å². The average Bonchev–Trinajstić information content (AvgIpc) is 2.76. The summed E-state index contributed by atoms with van der Waals surface area (Å²) in [6.45, 7) is 2.69. The van der Waals surface area contributed by atoms with E-state index in [0.29, 0.717) is 23.6 Å². The summed E-state index contributed by atoms with van der Waals surface area (Å²) in [5.74, 6) is 1.09. The number of unbranched alkanes of at least 4 members (excludes halogenated alkanes) is 1. The molecule has 0 aliphatic heterocycles. The summed E-state index contributed by atoms with van der Waals surface area (Å²) < 4.78 is 38.9. The summed E-state index contributed by atoms with van der Waals surface area (Å²) in [4.78, 5) is 14.5. The quantitative estimate of drug-likeness (QED) is 0.586. The lowest BCUT2D eigenvalue weighted by molar-refractivity contribution is -0.130. The van der Waals surface area contributed by atoms with Crippen LogP contribution in [-0.2, 0) is 14.8 Å². The van der Waals surface area contributed by atoms with Crippen LogP contribution in [0, 0.1) is 0 Å². The predicted molar refractivity (Wildman–Crippen MR) is 116 cm³/mol. The van der Waals surface area contributed by atoms with Gasteiger partial charge in [-0.3, -0.25) is 4.79 Å². The molecule has 0 aliphatic carbocycles. The lowest BCUT2D eigenvalue weighted by Crippen LogP contribution is -2.35. The first-order valence-corrected chi connectivity index (χ1v) is 11.3. The minimum atomic E-state index is -3.84. The van der Waals surface area contributed by atoms with Crippen LogP contribution in [0.3, 0.4) is 0 Å². The number of hydrogen-bond donors (Lipinski definition) is 1. The van der Waals surface area contributed by atoms with Gasteiger partial charge in [0.2, 0.25) is 15.9 Å². The van der Waals surface area contributed by atoms with Gasteiger partial charge in [-0.05, 0) is 48.4 Å². The van der Waals surface area contributed by atoms with E-state index in [1.165, 1.54) is 19.2 Å². The molecule has 8 heteroatoms. The third-order valence-corrected chi connectivity index (χ3v) is 6.32. The number of methoxy groups -OCH3 is 2. The van der Waals surface area contributed by atoms with Gasteiger partial charge >= 0.3 is 0 Å². The van der Waals surface area contributed by atoms with Gasteiger partial charge in [0.1, 0.15) is 11.5 Å². The number of carbonyl (C=O) groups excluding carboxylic acids is 1. The Bertz CT molecular complexity index is 912. The zero-order valence-electron chi connectivity index (χ0n) is 17.9. The van der Waals surface area contributed by atoms with Gasteiger partial charge in [0.05, 0.1) is 25.2 Å². The fraction of sp³-hybridized carbons (Fsp3) is 0.409. The molecule has 0 aliphatic rings. The van der Waals surface area contributed by atoms with Crippen LogP contribution < -0.4 is 14.2 Å². The van der Waals surface area contributed by atoms with Crippen molar-refractivity contribution >= 4 is 15.9 Å². The maximum atomic E-state index is 13.0. The Hall–Kier alpha value is -2.58. The number of benzene rings is 2. The molecule has 1 N–H and O–H groups in total. The van der Waals surface area contributed by atoms with Crippen LogP contribution in [0.1, 0.15) is 37.8 Å². The monoisotopic (exact) mass is 434 g/mol. The molecular weight excluding hydrogens is 404 g/mol. The van der Waals surface area contributed by atoms with E-state index in [0.717, 1.165) is 12.8 Å². The number of hydrogen-bond acceptors (Lipinski definition) is 5. The zero-order valence-corrected chi connectivity index (χ0v) is 18.7. The Kier molecular flexibility index (Phi) is 8.68. The molecule has 2 aromatic rings. The molecule has 7 nitrogen and oxygen atoms in total. The highest BCUT2D eigenvalue weighted by molar-refractivity contribution is 7.89. The van der Waals surface area contributed by atoms with Crippen molar-refractivity contribution in [2.24, 2.45) is 0 Å². The van der Waals surface area contributed by atoms with Crippen LogP contribution in [0.15, 0.2) is 53.4 Å². The maximum Gasteiger partial charge on any atom is 0.241 e. The summed E-state index contributed by atoms with van der Waals surface area (Å²) in [5.41, 5.74) is 0.685. The Morgan fingerprint density at radius 3 is 2.03 bits per heavy atom. The largest absolute Gasteiger partial charge is 0.497 e. The highest BCUT2D eigenvalue weighted by Crippen LogP contribution is 2.24. The zero-order chi connectivity index (χ0) is 22.1. The molecular formula is C22H30N2O5S. The smallest absolute Gasteiger partial charge is 0.241 e. The van der Waals surface area contributed by atoms with Crippen molar-refractivity contribution in [3.8, 4) is 11.5 Å². The van der Waals surface area contributed by atoms with Crippen LogP contribution in [-0.4, -0.2) is 47.0 Å². The highest BCUT2D eigenvalue weighted by Gasteiger charge is 2.25. The first-order valence-electron chi connectivity index (χ1n) is 9.85. The third-order valence-electron chi connectivity index (χ3n) is 4.84. The van der Waals surface area contributed by atoms with Gasteiger partial charge in [-0.1, -0.05) is 25.5 Å². The Balaban J connectivity index is 2.28. The summed E-state index contributed by atoms with van der Waals surface area (Å²) in [7, 11) is 0.970. The van der Waals surface area contributed by atoms with Gasteiger partial charge < -0.3 is 14.4 Å². The lowest BCUT2D eigenvalue weighted by atomic mass is 10.0. The van der Waals surface area contributed by atoms with Gasteiger partial charge in [-0.2, -0.15) is 0 Å². The molecule has 0 bridgehead atoms. The van der Waals surface area contributed by atoms with Crippen molar-refractivity contribution in [3.63, 3.8) is 0 Å². The highest BCUT2D eigenvalue weighted by atomic mass is 32.2. The van der Waals surface area contributed by atoms with E-state index < -0.39 is 16.1 Å². The Labute approximate surface area is 179 Å². The van der Waals surface area contributed by atoms with E-state index in [1.807, 2.05) is 0 Å². The average molecular weight is 435 g/mol. The topological polar surface area (TPSA) is 84.9 Å². The first kappa shape index (κ1) is 23.7. The molecule has 1 amide bonds. The van der Waals surface area contributed by atoms with Gasteiger partial charge in [0.15, 0.2) is 0 Å². The fourth-order valence-corrected chi connectivity index (χ4v) is 4.15. The summed E-state index contributed by atoms with van der Waals surface area (Å²) in [6, 6.07) is 12.4. The number of sulfonamides is 1. The molecule has 0 spiro atoms. The molecule has 2 rings (SSSR count). The number of nitrogens with zero attached hydrogens (tertiary/aromatic N) is 1. The molecule has 0 heterocycles. The second kappa shape index (κ2) is 11.0. The molecule has 2 aromatic carbocycles. The van der Waals surface area contributed by atoms with E-state index in [1.54, 1.807) is 55.5 Å². The van der Waals surface area contributed by atoms with E-state index in [-0.39, 0.29) is 17.2 Å². The van der Waals surface area contributed by atoms with E-state index in [4.69, 9.17) is 9.47 Å². The second-order valence-corrected chi connectivity index (χ2v) is 8.71. The van der Waals surface area contributed by atoms with Crippen LogP contribution >= 0.6 is 0 Å². The van der Waals surface area contributed by atoms with Crippen molar-refractivity contribution in [1.29, 1.82) is 0 Å². The molecule has 164 valence electrons. The molecule has 0 saturated carbocycles. The van der Waals surface area contributed by atoms with E-state index in [9.17, 15) is 13.2 Å². The first-order chi connectivity index (χ1) is 14.3. The summed E-state index contributed by atoms with van der Waals surface area (Å²) in [5, 5.41) is 0. The summed E-state index contributed by atoms with van der Waals surface area (Å²) in [6.07, 6.45) is 1.89. The second-order valence-electron chi connectivity index (χ2n) is 7.00. The van der Waals surface area contributed by atoms with Crippen molar-refractivity contribution in [2.45, 2.75) is 37.1 Å². The molecule has 30 heavy (non-hydrogen) atoms. The predicted octanol–water partition coefficient (Wildman–Crippen LogP) is 3.37. The van der Waals surface area contributed by atoms with Gasteiger partial charge in [0.25, 0.3) is 0 Å². The van der Waals surface area contributed by atoms with Gasteiger partial charge in [0, 0.05) is 20.0 Å². The van der Waals surface area contributed by atoms with Crippen LogP contribution in [0.25, 0.3) is 0 Å². The SMILES string of the molecule is CCCCN(C)C(=O)CC(NS(=O)(=O)c1ccc(OC)cc1)c1ccc(OC)cc1. The minimum Gasteiger partial charge on any atom is -0.497 e. The molecule has 0 saturated heterocycles. The Morgan fingerprint density at radius 2 is 1.53 bits per heavy atom. The lowest BCUT2D eigenvalue weighted by Gasteiger charge is -2.23. The fourth-order valence-electron chi connectivity index (χ4n) is 2.92. The van der Waals surface area contributed by atoms with Crippen molar-refractivity contribution in [3.05, 3.63) is 54.1 Å². The number of ether oxygens (including phenoxy) is 2. The van der Waals surface area contributed by atoms with Crippen molar-refractivity contribution in [1.82, 2.24) is 9.62 Å². The number of rotatable bonds is 11. The standard InChI is InChI=1S/C22H30N2O5S/c1-5-6-15-24(2)22(25)16-21(17-7-9-18(28-3)10-8-17)23-30(26,27)20-13-11-19(29-4)12-14-20/h7-14,21,23H,5-6,15-16H2,1-4H3. The number of nitrogens with one attached hydrogen (secondary N) is 1. The van der Waals surface area contributed by atoms with Crippen molar-refractivity contribution in [2.75, 3.05) is 27.8 Å². The third kappa shape index (κ3) is 6.47. The minimum absolute atomic E-state index is 0.0158. The number of amides is 1. The van der Waals surface area contributed by atoms with Crippen LogP contribution in [0.4, 0.5) is 0 Å². The van der Waals surface area contributed by atoms with Crippen LogP contribution in [0.5, 0.6) is 11.5 Å². The van der Waals surface area contributed by atoms with E-state index >= 15 is 0 Å². The van der Waals surface area contributed by atoms with Crippen molar-refractivity contribution < 1.29 is 22.7 Å². The molecule has 0 fully saturated rings. The Morgan fingerprint density at radius 1 is 1.00 bits per heavy atom. The normalized spacial score (nSPS) is 12.3. The molecule has 0 aromatic heterocycles. The van der Waals surface area contributed by atoms with E-state index in [2.05, 4.69) is 11.6 Å². The van der Waals surface area contributed by atoms with Gasteiger partial charge in [-0.15, -0.1) is 0 Å². The maximum absolute atomic E-state index is 13.0. The molecule has 1 atom stereocenters. The van der Waals surface area contributed by atoms with Gasteiger partial charge in [-0.25, -0.2) is 13.1 Å². The molecule has 1 unspecified atom stereocenters.